The Kier molecular flexibility index (Phi) is 11.0. The molecule has 4 aromatic rings. The van der Waals surface area contributed by atoms with Gasteiger partial charge in [-0.2, -0.15) is 31.4 Å². The molecule has 0 amide bonds. The Balaban J connectivity index is 0.000000303. The molecule has 3 N–H and O–H groups in total. The first kappa shape index (κ1) is 32.8. The number of hydrogen-bond donors (Lipinski definition) is 3. The van der Waals surface area contributed by atoms with E-state index in [1.165, 1.54) is 5.56 Å². The minimum atomic E-state index is -5.08. The van der Waals surface area contributed by atoms with Gasteiger partial charge in [0.05, 0.1) is 11.9 Å². The Morgan fingerprint density at radius 1 is 0.860 bits per heavy atom. The first-order valence-electron chi connectivity index (χ1n) is 12.6. The molecule has 1 aromatic carbocycles. The molecule has 0 atom stereocenters. The number of carboxylic acid groups (broad SMARTS) is 2. The van der Waals surface area contributed by atoms with Crippen molar-refractivity contribution < 1.29 is 46.1 Å². The number of anilines is 2. The zero-order chi connectivity index (χ0) is 31.6. The molecule has 16 heteroatoms. The lowest BCUT2D eigenvalue weighted by molar-refractivity contribution is -0.193. The quantitative estimate of drug-likeness (QED) is 0.250. The zero-order valence-corrected chi connectivity index (χ0v) is 22.3. The highest BCUT2D eigenvalue weighted by Crippen LogP contribution is 2.27. The molecule has 0 spiro atoms. The second-order valence-corrected chi connectivity index (χ2v) is 9.20. The SMILES string of the molecule is O=C(O)C(F)(F)F.O=C(O)C(F)(F)F.c1ccc(Nc2ccc3nc(C4CCN(Cc5cccnc5)CC4)nn3c2)cc1. The third kappa shape index (κ3) is 10.6. The van der Waals surface area contributed by atoms with Gasteiger partial charge in [0.25, 0.3) is 0 Å². The first-order valence-corrected chi connectivity index (χ1v) is 12.6. The molecular formula is C27H26F6N6O4. The Morgan fingerprint density at radius 3 is 2.00 bits per heavy atom. The van der Waals surface area contributed by atoms with Crippen LogP contribution >= 0.6 is 0 Å². The number of fused-ring (bicyclic) bond motifs is 1. The molecule has 230 valence electrons. The van der Waals surface area contributed by atoms with Gasteiger partial charge in [-0.3, -0.25) is 9.88 Å². The largest absolute Gasteiger partial charge is 0.490 e. The van der Waals surface area contributed by atoms with Crippen LogP contribution < -0.4 is 5.32 Å². The molecule has 4 heterocycles. The second-order valence-electron chi connectivity index (χ2n) is 9.20. The van der Waals surface area contributed by atoms with Gasteiger partial charge in [0.1, 0.15) is 0 Å². The minimum absolute atomic E-state index is 0.422. The van der Waals surface area contributed by atoms with Gasteiger partial charge >= 0.3 is 24.3 Å². The van der Waals surface area contributed by atoms with E-state index in [0.717, 1.165) is 55.3 Å². The fourth-order valence-corrected chi connectivity index (χ4v) is 3.93. The van der Waals surface area contributed by atoms with Crippen molar-refractivity contribution in [2.24, 2.45) is 0 Å². The third-order valence-electron chi connectivity index (χ3n) is 5.98. The maximum atomic E-state index is 10.6. The summed E-state index contributed by atoms with van der Waals surface area (Å²) in [5.74, 6) is -4.13. The van der Waals surface area contributed by atoms with Gasteiger partial charge in [-0.05, 0) is 61.8 Å². The lowest BCUT2D eigenvalue weighted by Gasteiger charge is -2.30. The van der Waals surface area contributed by atoms with Crippen molar-refractivity contribution in [2.45, 2.75) is 37.7 Å². The van der Waals surface area contributed by atoms with Crippen molar-refractivity contribution in [3.63, 3.8) is 0 Å². The summed E-state index contributed by atoms with van der Waals surface area (Å²) >= 11 is 0. The number of alkyl halides is 6. The molecule has 0 bridgehead atoms. The number of aliphatic carboxylic acids is 2. The summed E-state index contributed by atoms with van der Waals surface area (Å²) < 4.78 is 65.4. The topological polar surface area (TPSA) is 133 Å². The molecule has 1 aliphatic heterocycles. The van der Waals surface area contributed by atoms with Gasteiger partial charge < -0.3 is 15.5 Å². The predicted octanol–water partition coefficient (Wildman–Crippen LogP) is 5.51. The summed E-state index contributed by atoms with van der Waals surface area (Å²) in [5, 5.41) is 22.4. The number of carboxylic acids is 2. The molecule has 0 saturated carbocycles. The van der Waals surface area contributed by atoms with E-state index in [-0.39, 0.29) is 0 Å². The summed E-state index contributed by atoms with van der Waals surface area (Å²) in [6.45, 7) is 3.10. The first-order chi connectivity index (χ1) is 20.2. The van der Waals surface area contributed by atoms with E-state index in [4.69, 9.17) is 29.9 Å². The van der Waals surface area contributed by atoms with Gasteiger partial charge in [-0.15, -0.1) is 0 Å². The highest BCUT2D eigenvalue weighted by atomic mass is 19.4. The molecule has 5 rings (SSSR count). The average molecular weight is 613 g/mol. The number of likely N-dealkylation sites (tertiary alicyclic amines) is 1. The molecule has 0 unspecified atom stereocenters. The second kappa shape index (κ2) is 14.4. The van der Waals surface area contributed by atoms with Gasteiger partial charge in [0, 0.05) is 30.5 Å². The number of pyridine rings is 2. The van der Waals surface area contributed by atoms with E-state index in [0.29, 0.717) is 5.92 Å². The van der Waals surface area contributed by atoms with E-state index < -0.39 is 24.3 Å². The van der Waals surface area contributed by atoms with Gasteiger partial charge in [0.2, 0.25) is 0 Å². The monoisotopic (exact) mass is 612 g/mol. The van der Waals surface area contributed by atoms with Crippen LogP contribution in [0.4, 0.5) is 37.7 Å². The number of carbonyl (C=O) groups is 2. The van der Waals surface area contributed by atoms with Crippen LogP contribution in [-0.2, 0) is 16.1 Å². The summed E-state index contributed by atoms with van der Waals surface area (Å²) in [7, 11) is 0. The number of aromatic nitrogens is 4. The number of piperidine rings is 1. The number of halogens is 6. The molecular weight excluding hydrogens is 586 g/mol. The summed E-state index contributed by atoms with van der Waals surface area (Å²) in [6.07, 6.45) is -2.20. The molecule has 43 heavy (non-hydrogen) atoms. The van der Waals surface area contributed by atoms with Crippen molar-refractivity contribution >= 4 is 29.0 Å². The molecule has 3 aromatic heterocycles. The zero-order valence-electron chi connectivity index (χ0n) is 22.3. The van der Waals surface area contributed by atoms with E-state index in [2.05, 4.69) is 39.5 Å². The standard InChI is InChI=1S/C23H24N6.2C2HF3O2/c1-2-6-20(7-3-1)25-21-8-9-22-26-23(27-29(22)17-21)19-10-13-28(14-11-19)16-18-5-4-12-24-15-18;2*3-2(4,5)1(6)7/h1-9,12,15,17,19,25H,10-11,13-14,16H2;2*(H,6,7). The Labute approximate surface area is 240 Å². The van der Waals surface area contributed by atoms with Crippen LogP contribution in [0.1, 0.15) is 30.1 Å². The van der Waals surface area contributed by atoms with Crippen LogP contribution in [0, 0.1) is 0 Å². The number of para-hydroxylation sites is 1. The third-order valence-corrected chi connectivity index (χ3v) is 5.98. The van der Waals surface area contributed by atoms with Crippen LogP contribution in [-0.4, -0.2) is 72.1 Å². The minimum Gasteiger partial charge on any atom is -0.475 e. The van der Waals surface area contributed by atoms with E-state index >= 15 is 0 Å². The van der Waals surface area contributed by atoms with E-state index in [1.807, 2.05) is 53.4 Å². The Bertz CT molecular complexity index is 1450. The van der Waals surface area contributed by atoms with Crippen LogP contribution in [0.2, 0.25) is 0 Å². The van der Waals surface area contributed by atoms with E-state index in [9.17, 15) is 26.3 Å². The average Bonchev–Trinajstić information content (AvgIpc) is 3.38. The highest BCUT2D eigenvalue weighted by Gasteiger charge is 2.38. The smallest absolute Gasteiger partial charge is 0.475 e. The lowest BCUT2D eigenvalue weighted by Crippen LogP contribution is -2.32. The number of rotatable bonds is 5. The summed E-state index contributed by atoms with van der Waals surface area (Å²) in [6, 6.07) is 18.4. The molecule has 0 radical (unpaired) electrons. The van der Waals surface area contributed by atoms with Crippen molar-refractivity contribution in [1.29, 1.82) is 0 Å². The van der Waals surface area contributed by atoms with Gasteiger partial charge in [-0.1, -0.05) is 24.3 Å². The van der Waals surface area contributed by atoms with Crippen LogP contribution in [0.15, 0.2) is 73.2 Å². The highest BCUT2D eigenvalue weighted by molar-refractivity contribution is 5.73. The normalized spacial score (nSPS) is 14.2. The summed E-state index contributed by atoms with van der Waals surface area (Å²) in [4.78, 5) is 29.3. The fraction of sp³-hybridized carbons (Fsp3) is 0.296. The van der Waals surface area contributed by atoms with Crippen molar-refractivity contribution in [2.75, 3.05) is 18.4 Å². The van der Waals surface area contributed by atoms with E-state index in [1.54, 1.807) is 0 Å². The Morgan fingerprint density at radius 2 is 1.47 bits per heavy atom. The lowest BCUT2D eigenvalue weighted by atomic mass is 9.96. The van der Waals surface area contributed by atoms with Crippen LogP contribution in [0.3, 0.4) is 0 Å². The Hall–Kier alpha value is -4.73. The number of nitrogens with zero attached hydrogens (tertiary/aromatic N) is 5. The number of nitrogens with one attached hydrogen (secondary N) is 1. The molecule has 1 saturated heterocycles. The molecule has 10 nitrogen and oxygen atoms in total. The molecule has 1 aliphatic rings. The molecule has 0 aliphatic carbocycles. The van der Waals surface area contributed by atoms with Gasteiger partial charge in [0.15, 0.2) is 11.5 Å². The van der Waals surface area contributed by atoms with Crippen molar-refractivity contribution in [1.82, 2.24) is 24.5 Å². The fourth-order valence-electron chi connectivity index (χ4n) is 3.93. The maximum absolute atomic E-state index is 10.6. The molecule has 1 fully saturated rings. The van der Waals surface area contributed by atoms with Crippen molar-refractivity contribution in [3.8, 4) is 0 Å². The maximum Gasteiger partial charge on any atom is 0.490 e. The number of benzene rings is 1. The van der Waals surface area contributed by atoms with Gasteiger partial charge in [-0.25, -0.2) is 19.1 Å². The summed E-state index contributed by atoms with van der Waals surface area (Å²) in [5.41, 5.74) is 4.24. The van der Waals surface area contributed by atoms with Crippen molar-refractivity contribution in [3.05, 3.63) is 84.6 Å². The predicted molar refractivity (Wildman–Crippen MR) is 142 cm³/mol. The van der Waals surface area contributed by atoms with Crippen LogP contribution in [0.5, 0.6) is 0 Å². The van der Waals surface area contributed by atoms with Crippen LogP contribution in [0.25, 0.3) is 5.65 Å². The number of hydrogen-bond acceptors (Lipinski definition) is 7.